The van der Waals surface area contributed by atoms with E-state index in [9.17, 15) is 19.2 Å². The summed E-state index contributed by atoms with van der Waals surface area (Å²) in [5, 5.41) is 5.48. The van der Waals surface area contributed by atoms with E-state index in [4.69, 9.17) is 9.47 Å². The van der Waals surface area contributed by atoms with Gasteiger partial charge in [0.1, 0.15) is 12.1 Å². The smallest absolute Gasteiger partial charge is 0.329 e. The van der Waals surface area contributed by atoms with Crippen molar-refractivity contribution in [1.29, 1.82) is 0 Å². The Kier molecular flexibility index (Phi) is 21.1. The van der Waals surface area contributed by atoms with Gasteiger partial charge in [0.25, 0.3) is 0 Å². The summed E-state index contributed by atoms with van der Waals surface area (Å²) < 4.78 is 9.62. The molecule has 0 saturated carbocycles. The van der Waals surface area contributed by atoms with Gasteiger partial charge in [-0.2, -0.15) is 0 Å². The number of methoxy groups -OCH3 is 2. The molecule has 0 spiro atoms. The molecule has 10 heteroatoms. The van der Waals surface area contributed by atoms with Gasteiger partial charge in [-0.25, -0.2) is 9.59 Å². The van der Waals surface area contributed by atoms with Crippen molar-refractivity contribution in [3.8, 4) is 0 Å². The molecule has 0 aromatic heterocycles. The van der Waals surface area contributed by atoms with Crippen molar-refractivity contribution >= 4 is 45.3 Å². The maximum atomic E-state index is 12.2. The average Bonchev–Trinajstić information content (AvgIpc) is 2.83. The molecule has 0 bridgehead atoms. The third-order valence-corrected chi connectivity index (χ3v) is 7.63. The van der Waals surface area contributed by atoms with Crippen molar-refractivity contribution < 1.29 is 28.7 Å². The summed E-state index contributed by atoms with van der Waals surface area (Å²) in [6.45, 7) is 4.28. The third-order valence-electron chi connectivity index (χ3n) is 5.21. The van der Waals surface area contributed by atoms with Gasteiger partial charge in [0.15, 0.2) is 0 Å². The van der Waals surface area contributed by atoms with Crippen LogP contribution in [-0.4, -0.2) is 61.6 Å². The molecule has 2 N–H and O–H groups in total. The second-order valence-corrected chi connectivity index (χ2v) is 10.7. The molecule has 8 nitrogen and oxygen atoms in total. The van der Waals surface area contributed by atoms with Crippen LogP contribution in [0.15, 0.2) is 0 Å². The Morgan fingerprint density at radius 2 is 0.971 bits per heavy atom. The molecule has 2 atom stereocenters. The van der Waals surface area contributed by atoms with Gasteiger partial charge in [-0.3, -0.25) is 9.59 Å². The molecule has 0 rings (SSSR count). The quantitative estimate of drug-likeness (QED) is 0.130. The molecule has 0 aliphatic heterocycles. The Morgan fingerprint density at radius 1 is 0.618 bits per heavy atom. The first-order valence-corrected chi connectivity index (χ1v) is 14.9. The second-order valence-electron chi connectivity index (χ2n) is 8.18. The van der Waals surface area contributed by atoms with E-state index in [1.165, 1.54) is 35.8 Å². The van der Waals surface area contributed by atoms with Gasteiger partial charge in [-0.15, -0.1) is 0 Å². The van der Waals surface area contributed by atoms with Crippen molar-refractivity contribution in [3.63, 3.8) is 0 Å². The van der Waals surface area contributed by atoms with Gasteiger partial charge in [-0.1, -0.05) is 86.8 Å². The van der Waals surface area contributed by atoms with Crippen molar-refractivity contribution in [3.05, 3.63) is 0 Å². The normalized spacial score (nSPS) is 12.5. The lowest BCUT2D eigenvalue weighted by atomic mass is 10.1. The highest BCUT2D eigenvalue weighted by molar-refractivity contribution is 8.76. The molecule has 2 amide bonds. The Hall–Kier alpha value is -1.42. The zero-order valence-electron chi connectivity index (χ0n) is 21.3. The predicted octanol–water partition coefficient (Wildman–Crippen LogP) is 4.40. The fraction of sp³-hybridized carbons (Fsp3) is 0.833. The van der Waals surface area contributed by atoms with E-state index in [1.54, 1.807) is 0 Å². The summed E-state index contributed by atoms with van der Waals surface area (Å²) in [5.41, 5.74) is 0. The van der Waals surface area contributed by atoms with E-state index >= 15 is 0 Å². The first kappa shape index (κ1) is 32.6. The Bertz CT molecular complexity index is 542. The highest BCUT2D eigenvalue weighted by atomic mass is 33.1. The largest absolute Gasteiger partial charge is 0.467 e. The molecule has 0 heterocycles. The minimum atomic E-state index is -0.764. The number of ether oxygens (including phenoxy) is 2. The Morgan fingerprint density at radius 3 is 1.29 bits per heavy atom. The van der Waals surface area contributed by atoms with Crippen LogP contribution in [0.4, 0.5) is 0 Å². The summed E-state index contributed by atoms with van der Waals surface area (Å²) in [6, 6.07) is -1.53. The summed E-state index contributed by atoms with van der Waals surface area (Å²) >= 11 is 0. The van der Waals surface area contributed by atoms with Gasteiger partial charge in [0, 0.05) is 24.3 Å². The molecule has 34 heavy (non-hydrogen) atoms. The zero-order chi connectivity index (χ0) is 25.6. The number of hydrogen-bond donors (Lipinski definition) is 2. The SMILES string of the molecule is CCCCCCCC(=O)NC(CSSC[C@H](NC(=O)CCCCCCC)C(=O)OC)C(=O)OC. The van der Waals surface area contributed by atoms with Gasteiger partial charge in [-0.05, 0) is 12.8 Å². The molecule has 198 valence electrons. The number of amides is 2. The lowest BCUT2D eigenvalue weighted by Gasteiger charge is -2.18. The van der Waals surface area contributed by atoms with Crippen LogP contribution in [0, 0.1) is 0 Å². The van der Waals surface area contributed by atoms with Gasteiger partial charge in [0.05, 0.1) is 14.2 Å². The van der Waals surface area contributed by atoms with Crippen LogP contribution in [0.1, 0.15) is 90.9 Å². The van der Waals surface area contributed by atoms with Crippen LogP contribution in [0.2, 0.25) is 0 Å². The predicted molar refractivity (Wildman–Crippen MR) is 140 cm³/mol. The fourth-order valence-electron chi connectivity index (χ4n) is 3.17. The van der Waals surface area contributed by atoms with Crippen LogP contribution in [0.3, 0.4) is 0 Å². The first-order chi connectivity index (χ1) is 16.4. The van der Waals surface area contributed by atoms with Gasteiger partial charge < -0.3 is 20.1 Å². The Balaban J connectivity index is 4.46. The molecule has 0 aromatic rings. The minimum Gasteiger partial charge on any atom is -0.467 e. The number of carbonyl (C=O) groups excluding carboxylic acids is 4. The van der Waals surface area contributed by atoms with Crippen molar-refractivity contribution in [2.45, 2.75) is 103 Å². The molecule has 0 fully saturated rings. The van der Waals surface area contributed by atoms with Crippen molar-refractivity contribution in [1.82, 2.24) is 10.6 Å². The van der Waals surface area contributed by atoms with E-state index in [0.717, 1.165) is 64.2 Å². The first-order valence-electron chi connectivity index (χ1n) is 12.4. The third kappa shape index (κ3) is 17.1. The molecular formula is C24H44N2O6S2. The zero-order valence-corrected chi connectivity index (χ0v) is 23.0. The summed E-state index contributed by atoms with van der Waals surface area (Å²) in [4.78, 5) is 48.5. The van der Waals surface area contributed by atoms with Gasteiger partial charge >= 0.3 is 11.9 Å². The number of nitrogens with one attached hydrogen (secondary N) is 2. The molecule has 0 radical (unpaired) electrons. The van der Waals surface area contributed by atoms with Crippen LogP contribution in [0.5, 0.6) is 0 Å². The molecule has 0 aliphatic rings. The van der Waals surface area contributed by atoms with E-state index in [-0.39, 0.29) is 23.3 Å². The summed E-state index contributed by atoms with van der Waals surface area (Å²) in [5.74, 6) is -0.773. The minimum absolute atomic E-state index is 0.170. The maximum Gasteiger partial charge on any atom is 0.329 e. The highest BCUT2D eigenvalue weighted by Gasteiger charge is 2.24. The van der Waals surface area contributed by atoms with E-state index < -0.39 is 24.0 Å². The summed E-state index contributed by atoms with van der Waals surface area (Å²) in [6.07, 6.45) is 11.1. The van der Waals surface area contributed by atoms with E-state index in [2.05, 4.69) is 24.5 Å². The molecule has 0 saturated heterocycles. The Labute approximate surface area is 213 Å². The maximum absolute atomic E-state index is 12.2. The average molecular weight is 521 g/mol. The lowest BCUT2D eigenvalue weighted by Crippen LogP contribution is -2.44. The van der Waals surface area contributed by atoms with Crippen LogP contribution in [-0.2, 0) is 28.7 Å². The molecule has 0 aliphatic carbocycles. The topological polar surface area (TPSA) is 111 Å². The number of rotatable bonds is 21. The number of unbranched alkanes of at least 4 members (excludes halogenated alkanes) is 8. The second kappa shape index (κ2) is 22.1. The lowest BCUT2D eigenvalue weighted by molar-refractivity contribution is -0.144. The number of carbonyl (C=O) groups is 4. The van der Waals surface area contributed by atoms with Crippen LogP contribution < -0.4 is 10.6 Å². The molecule has 0 aromatic carbocycles. The van der Waals surface area contributed by atoms with Gasteiger partial charge in [0.2, 0.25) is 11.8 Å². The highest BCUT2D eigenvalue weighted by Crippen LogP contribution is 2.24. The molecule has 1 unspecified atom stereocenters. The number of esters is 2. The van der Waals surface area contributed by atoms with Crippen LogP contribution >= 0.6 is 21.6 Å². The standard InChI is InChI=1S/C24H44N2O6S2/c1-5-7-9-11-13-15-21(27)25-19(23(29)31-3)17-33-34-18-20(24(30)32-4)26-22(28)16-14-12-10-8-6-2/h19-20H,5-18H2,1-4H3,(H,25,27)(H,26,28)/t19-,20?/m0/s1. The van der Waals surface area contributed by atoms with E-state index in [1.807, 2.05) is 0 Å². The number of hydrogen-bond acceptors (Lipinski definition) is 8. The van der Waals surface area contributed by atoms with Crippen molar-refractivity contribution in [2.75, 3.05) is 25.7 Å². The monoisotopic (exact) mass is 520 g/mol. The van der Waals surface area contributed by atoms with Crippen LogP contribution in [0.25, 0.3) is 0 Å². The van der Waals surface area contributed by atoms with E-state index in [0.29, 0.717) is 12.8 Å². The molecular weight excluding hydrogens is 476 g/mol. The van der Waals surface area contributed by atoms with Crippen molar-refractivity contribution in [2.24, 2.45) is 0 Å². The summed E-state index contributed by atoms with van der Waals surface area (Å²) in [7, 11) is 5.24. The fourth-order valence-corrected chi connectivity index (χ4v) is 5.46.